The highest BCUT2D eigenvalue weighted by Crippen LogP contribution is 2.12. The lowest BCUT2D eigenvalue weighted by Gasteiger charge is -1.98. The van der Waals surface area contributed by atoms with E-state index < -0.39 is 11.6 Å². The molecule has 0 amide bonds. The van der Waals surface area contributed by atoms with Crippen LogP contribution in [0.5, 0.6) is 0 Å². The Balaban J connectivity index is 2.04. The zero-order chi connectivity index (χ0) is 13.0. The molecule has 0 aliphatic carbocycles. The van der Waals surface area contributed by atoms with Crippen LogP contribution in [0.1, 0.15) is 17.3 Å². The van der Waals surface area contributed by atoms with Crippen molar-refractivity contribution >= 4 is 0 Å². The van der Waals surface area contributed by atoms with Gasteiger partial charge >= 0.3 is 0 Å². The van der Waals surface area contributed by atoms with E-state index in [0.29, 0.717) is 30.2 Å². The van der Waals surface area contributed by atoms with Crippen LogP contribution in [0.4, 0.5) is 8.78 Å². The fraction of sp³-hybridized carbons (Fsp3) is 0.333. The quantitative estimate of drug-likeness (QED) is 0.881. The lowest BCUT2D eigenvalue weighted by Crippen LogP contribution is -2.10. The Hall–Kier alpha value is -1.82. The number of nitrogens with zero attached hydrogens (tertiary/aromatic N) is 2. The average Bonchev–Trinajstić information content (AvgIpc) is 2.79. The molecule has 0 saturated heterocycles. The van der Waals surface area contributed by atoms with Crippen LogP contribution in [-0.2, 0) is 12.8 Å². The van der Waals surface area contributed by atoms with E-state index in [-0.39, 0.29) is 0 Å². The average molecular weight is 253 g/mol. The molecule has 96 valence electrons. The van der Waals surface area contributed by atoms with Gasteiger partial charge in [0, 0.05) is 13.0 Å². The van der Waals surface area contributed by atoms with E-state index in [9.17, 15) is 8.78 Å². The predicted octanol–water partition coefficient (Wildman–Crippen LogP) is 1.70. The van der Waals surface area contributed by atoms with Gasteiger partial charge in [-0.15, -0.1) is 10.2 Å². The van der Waals surface area contributed by atoms with Crippen molar-refractivity contribution < 1.29 is 13.2 Å². The standard InChI is InChI=1S/C12H13F2N3O/c1-15-5-4-11-16-17-12(18-11)7-8-2-3-9(13)10(14)6-8/h2-3,6,15H,4-5,7H2,1H3. The SMILES string of the molecule is CNCCc1nnc(Cc2ccc(F)c(F)c2)o1. The predicted molar refractivity (Wildman–Crippen MR) is 61.1 cm³/mol. The van der Waals surface area contributed by atoms with E-state index >= 15 is 0 Å². The second kappa shape index (κ2) is 5.68. The molecule has 0 saturated carbocycles. The Bertz CT molecular complexity index is 528. The van der Waals surface area contributed by atoms with E-state index in [4.69, 9.17) is 4.42 Å². The lowest BCUT2D eigenvalue weighted by molar-refractivity contribution is 0.453. The summed E-state index contributed by atoms with van der Waals surface area (Å²) in [4.78, 5) is 0. The van der Waals surface area contributed by atoms with Gasteiger partial charge in [-0.2, -0.15) is 0 Å². The normalized spacial score (nSPS) is 10.8. The summed E-state index contributed by atoms with van der Waals surface area (Å²) in [7, 11) is 1.83. The Morgan fingerprint density at radius 2 is 1.94 bits per heavy atom. The summed E-state index contributed by atoms with van der Waals surface area (Å²) in [6.45, 7) is 0.743. The van der Waals surface area contributed by atoms with Gasteiger partial charge in [0.25, 0.3) is 0 Å². The molecule has 0 radical (unpaired) electrons. The molecule has 0 unspecified atom stereocenters. The van der Waals surface area contributed by atoms with Crippen LogP contribution in [0, 0.1) is 11.6 Å². The number of halogens is 2. The molecule has 1 heterocycles. The lowest BCUT2D eigenvalue weighted by atomic mass is 10.1. The van der Waals surface area contributed by atoms with Crippen molar-refractivity contribution in [3.05, 3.63) is 47.2 Å². The van der Waals surface area contributed by atoms with Gasteiger partial charge in [-0.3, -0.25) is 0 Å². The van der Waals surface area contributed by atoms with Crippen molar-refractivity contribution in [1.82, 2.24) is 15.5 Å². The summed E-state index contributed by atoms with van der Waals surface area (Å²) in [5.41, 5.74) is 0.595. The van der Waals surface area contributed by atoms with Gasteiger partial charge in [-0.1, -0.05) is 6.07 Å². The molecule has 2 rings (SSSR count). The van der Waals surface area contributed by atoms with Crippen molar-refractivity contribution in [3.63, 3.8) is 0 Å². The van der Waals surface area contributed by atoms with Crippen LogP contribution in [0.25, 0.3) is 0 Å². The number of benzene rings is 1. The van der Waals surface area contributed by atoms with Crippen LogP contribution < -0.4 is 5.32 Å². The largest absolute Gasteiger partial charge is 0.425 e. The van der Waals surface area contributed by atoms with Crippen LogP contribution in [0.15, 0.2) is 22.6 Å². The molecule has 0 spiro atoms. The fourth-order valence-corrected chi connectivity index (χ4v) is 1.52. The topological polar surface area (TPSA) is 51.0 Å². The first-order valence-electron chi connectivity index (χ1n) is 5.59. The van der Waals surface area contributed by atoms with Crippen LogP contribution >= 0.6 is 0 Å². The molecular weight excluding hydrogens is 240 g/mol. The van der Waals surface area contributed by atoms with Gasteiger partial charge in [0.2, 0.25) is 11.8 Å². The molecule has 0 bridgehead atoms. The molecule has 4 nitrogen and oxygen atoms in total. The first-order chi connectivity index (χ1) is 8.69. The molecule has 18 heavy (non-hydrogen) atoms. The van der Waals surface area contributed by atoms with E-state index in [0.717, 1.165) is 18.7 Å². The van der Waals surface area contributed by atoms with E-state index in [1.54, 1.807) is 0 Å². The van der Waals surface area contributed by atoms with Crippen molar-refractivity contribution in [2.24, 2.45) is 0 Å². The third-order valence-corrected chi connectivity index (χ3v) is 2.44. The molecule has 0 aliphatic heterocycles. The minimum absolute atomic E-state index is 0.295. The maximum atomic E-state index is 13.0. The van der Waals surface area contributed by atoms with Crippen molar-refractivity contribution in [1.29, 1.82) is 0 Å². The summed E-state index contributed by atoms with van der Waals surface area (Å²) in [6, 6.07) is 3.71. The number of hydrogen-bond donors (Lipinski definition) is 1. The molecule has 0 fully saturated rings. The number of nitrogens with one attached hydrogen (secondary N) is 1. The minimum Gasteiger partial charge on any atom is -0.425 e. The number of likely N-dealkylation sites (N-methyl/N-ethyl adjacent to an activating group) is 1. The summed E-state index contributed by atoms with van der Waals surface area (Å²) in [5.74, 6) is -0.810. The Labute approximate surface area is 103 Å². The minimum atomic E-state index is -0.873. The second-order valence-electron chi connectivity index (χ2n) is 3.87. The highest BCUT2D eigenvalue weighted by molar-refractivity contribution is 5.20. The fourth-order valence-electron chi connectivity index (χ4n) is 1.52. The summed E-state index contributed by atoms with van der Waals surface area (Å²) in [5, 5.41) is 10.7. The number of rotatable bonds is 5. The molecule has 6 heteroatoms. The van der Waals surface area contributed by atoms with Crippen molar-refractivity contribution in [2.75, 3.05) is 13.6 Å². The zero-order valence-corrected chi connectivity index (χ0v) is 9.91. The summed E-state index contributed by atoms with van der Waals surface area (Å²) < 4.78 is 31.1. The number of aromatic nitrogens is 2. The maximum Gasteiger partial charge on any atom is 0.220 e. The maximum absolute atomic E-state index is 13.0. The van der Waals surface area contributed by atoms with Gasteiger partial charge in [-0.05, 0) is 24.7 Å². The third-order valence-electron chi connectivity index (χ3n) is 2.44. The van der Waals surface area contributed by atoms with Crippen LogP contribution in [0.2, 0.25) is 0 Å². The van der Waals surface area contributed by atoms with Gasteiger partial charge < -0.3 is 9.73 Å². The smallest absolute Gasteiger partial charge is 0.220 e. The Kier molecular flexibility index (Phi) is 3.99. The van der Waals surface area contributed by atoms with E-state index in [1.807, 2.05) is 7.05 Å². The van der Waals surface area contributed by atoms with E-state index in [1.165, 1.54) is 6.07 Å². The van der Waals surface area contributed by atoms with Gasteiger partial charge in [0.1, 0.15) is 0 Å². The summed E-state index contributed by atoms with van der Waals surface area (Å²) >= 11 is 0. The molecule has 1 aromatic carbocycles. The van der Waals surface area contributed by atoms with Crippen molar-refractivity contribution in [3.8, 4) is 0 Å². The zero-order valence-electron chi connectivity index (χ0n) is 9.91. The molecular formula is C12H13F2N3O. The van der Waals surface area contributed by atoms with Crippen molar-refractivity contribution in [2.45, 2.75) is 12.8 Å². The Morgan fingerprint density at radius 3 is 2.67 bits per heavy atom. The van der Waals surface area contributed by atoms with Gasteiger partial charge in [0.15, 0.2) is 11.6 Å². The molecule has 2 aromatic rings. The highest BCUT2D eigenvalue weighted by Gasteiger charge is 2.08. The Morgan fingerprint density at radius 1 is 1.17 bits per heavy atom. The first kappa shape index (κ1) is 12.6. The van der Waals surface area contributed by atoms with E-state index in [2.05, 4.69) is 15.5 Å². The highest BCUT2D eigenvalue weighted by atomic mass is 19.2. The van der Waals surface area contributed by atoms with Gasteiger partial charge in [0.05, 0.1) is 6.42 Å². The van der Waals surface area contributed by atoms with Crippen LogP contribution in [-0.4, -0.2) is 23.8 Å². The molecule has 1 aromatic heterocycles. The monoisotopic (exact) mass is 253 g/mol. The molecule has 0 atom stereocenters. The number of hydrogen-bond acceptors (Lipinski definition) is 4. The first-order valence-corrected chi connectivity index (χ1v) is 5.59. The molecule has 0 aliphatic rings. The summed E-state index contributed by atoms with van der Waals surface area (Å²) in [6.07, 6.45) is 0.936. The van der Waals surface area contributed by atoms with Gasteiger partial charge in [-0.25, -0.2) is 8.78 Å². The third kappa shape index (κ3) is 3.10. The van der Waals surface area contributed by atoms with Crippen LogP contribution in [0.3, 0.4) is 0 Å². The second-order valence-corrected chi connectivity index (χ2v) is 3.87. The molecule has 1 N–H and O–H groups in total.